The van der Waals surface area contributed by atoms with Gasteiger partial charge in [-0.3, -0.25) is 14.9 Å². The molecule has 1 amide bonds. The Morgan fingerprint density at radius 2 is 2.33 bits per heavy atom. The molecular formula is C7H12N4O. The number of rotatable bonds is 2. The van der Waals surface area contributed by atoms with Crippen molar-refractivity contribution in [3.63, 3.8) is 0 Å². The molecule has 1 aromatic heterocycles. The summed E-state index contributed by atoms with van der Waals surface area (Å²) in [7, 11) is 5.29. The molecule has 12 heavy (non-hydrogen) atoms. The van der Waals surface area contributed by atoms with Crippen LogP contribution in [-0.4, -0.2) is 34.8 Å². The van der Waals surface area contributed by atoms with E-state index in [2.05, 4.69) is 10.5 Å². The van der Waals surface area contributed by atoms with Crippen LogP contribution in [0.15, 0.2) is 12.4 Å². The lowest BCUT2D eigenvalue weighted by Crippen LogP contribution is -2.35. The fourth-order valence-electron chi connectivity index (χ4n) is 0.806. The Balaban J connectivity index is 2.65. The van der Waals surface area contributed by atoms with Crippen molar-refractivity contribution in [2.24, 2.45) is 7.05 Å². The van der Waals surface area contributed by atoms with Gasteiger partial charge < -0.3 is 0 Å². The van der Waals surface area contributed by atoms with Gasteiger partial charge in [0.05, 0.1) is 11.8 Å². The summed E-state index contributed by atoms with van der Waals surface area (Å²) < 4.78 is 1.59. The van der Waals surface area contributed by atoms with Gasteiger partial charge in [0.25, 0.3) is 5.91 Å². The molecule has 0 fully saturated rings. The van der Waals surface area contributed by atoms with Gasteiger partial charge in [0.2, 0.25) is 0 Å². The zero-order valence-electron chi connectivity index (χ0n) is 7.40. The quantitative estimate of drug-likeness (QED) is 0.613. The number of aryl methyl sites for hydroxylation is 1. The van der Waals surface area contributed by atoms with Gasteiger partial charge in [-0.25, -0.2) is 5.01 Å². The number of hydrogen-bond acceptors (Lipinski definition) is 3. The highest BCUT2D eigenvalue weighted by Crippen LogP contribution is 1.94. The molecule has 0 aliphatic heterocycles. The smallest absolute Gasteiger partial charge is 0.268 e. The molecule has 5 nitrogen and oxygen atoms in total. The van der Waals surface area contributed by atoms with Crippen molar-refractivity contribution in [3.05, 3.63) is 18.0 Å². The number of hydrazine groups is 1. The van der Waals surface area contributed by atoms with E-state index >= 15 is 0 Å². The minimum Gasteiger partial charge on any atom is -0.285 e. The minimum absolute atomic E-state index is 0.145. The van der Waals surface area contributed by atoms with Gasteiger partial charge in [-0.05, 0) is 0 Å². The fraction of sp³-hybridized carbons (Fsp3) is 0.429. The summed E-state index contributed by atoms with van der Waals surface area (Å²) in [5.41, 5.74) is 3.17. The average molecular weight is 168 g/mol. The zero-order chi connectivity index (χ0) is 9.14. The highest BCUT2D eigenvalue weighted by molar-refractivity contribution is 5.93. The summed E-state index contributed by atoms with van der Waals surface area (Å²) in [4.78, 5) is 11.3. The third-order valence-corrected chi connectivity index (χ3v) is 1.29. The first-order valence-corrected chi connectivity index (χ1v) is 3.56. The van der Waals surface area contributed by atoms with E-state index in [0.29, 0.717) is 5.56 Å². The van der Waals surface area contributed by atoms with Crippen LogP contribution >= 0.6 is 0 Å². The normalized spacial score (nSPS) is 10.3. The van der Waals surface area contributed by atoms with Gasteiger partial charge in [-0.1, -0.05) is 0 Å². The number of nitrogens with zero attached hydrogens (tertiary/aromatic N) is 3. The molecule has 1 heterocycles. The molecule has 0 radical (unpaired) electrons. The SMILES string of the molecule is CN(C)NC(=O)c1cnn(C)c1. The Morgan fingerprint density at radius 3 is 2.75 bits per heavy atom. The Hall–Kier alpha value is -1.36. The number of hydrogen-bond donors (Lipinski definition) is 1. The van der Waals surface area contributed by atoms with Crippen molar-refractivity contribution in [1.29, 1.82) is 0 Å². The van der Waals surface area contributed by atoms with Crippen LogP contribution in [0.25, 0.3) is 0 Å². The molecule has 66 valence electrons. The molecule has 0 saturated carbocycles. The van der Waals surface area contributed by atoms with Gasteiger partial charge in [0.15, 0.2) is 0 Å². The first-order valence-electron chi connectivity index (χ1n) is 3.56. The molecule has 0 spiro atoms. The van der Waals surface area contributed by atoms with Crippen LogP contribution in [0.4, 0.5) is 0 Å². The molecule has 0 bridgehead atoms. The van der Waals surface area contributed by atoms with Gasteiger partial charge in [0, 0.05) is 27.3 Å². The maximum atomic E-state index is 11.3. The second-order valence-electron chi connectivity index (χ2n) is 2.74. The molecule has 1 aromatic rings. The zero-order valence-corrected chi connectivity index (χ0v) is 7.40. The van der Waals surface area contributed by atoms with Crippen molar-refractivity contribution < 1.29 is 4.79 Å². The van der Waals surface area contributed by atoms with Gasteiger partial charge >= 0.3 is 0 Å². The van der Waals surface area contributed by atoms with Crippen molar-refractivity contribution in [1.82, 2.24) is 20.2 Å². The molecule has 1 N–H and O–H groups in total. The topological polar surface area (TPSA) is 50.2 Å². The Kier molecular flexibility index (Phi) is 2.44. The van der Waals surface area contributed by atoms with Gasteiger partial charge in [0.1, 0.15) is 0 Å². The van der Waals surface area contributed by atoms with Crippen LogP contribution in [0, 0.1) is 0 Å². The summed E-state index contributed by atoms with van der Waals surface area (Å²) in [5, 5.41) is 5.47. The van der Waals surface area contributed by atoms with E-state index in [0.717, 1.165) is 0 Å². The lowest BCUT2D eigenvalue weighted by atomic mass is 10.3. The Morgan fingerprint density at radius 1 is 1.67 bits per heavy atom. The third kappa shape index (κ3) is 2.06. The summed E-state index contributed by atoms with van der Waals surface area (Å²) >= 11 is 0. The molecule has 0 unspecified atom stereocenters. The first kappa shape index (κ1) is 8.73. The lowest BCUT2D eigenvalue weighted by Gasteiger charge is -2.09. The first-order chi connectivity index (χ1) is 5.59. The van der Waals surface area contributed by atoms with E-state index in [1.54, 1.807) is 37.0 Å². The molecule has 0 aliphatic carbocycles. The van der Waals surface area contributed by atoms with Crippen molar-refractivity contribution in [3.8, 4) is 0 Å². The Bertz CT molecular complexity index is 279. The van der Waals surface area contributed by atoms with Crippen LogP contribution in [0.2, 0.25) is 0 Å². The van der Waals surface area contributed by atoms with E-state index < -0.39 is 0 Å². The highest BCUT2D eigenvalue weighted by atomic mass is 16.2. The standard InChI is InChI=1S/C7H12N4O/c1-10(2)9-7(12)6-4-8-11(3)5-6/h4-5H,1-3H3,(H,9,12). The average Bonchev–Trinajstić information content (AvgIpc) is 2.34. The maximum absolute atomic E-state index is 11.3. The minimum atomic E-state index is -0.145. The Labute approximate surface area is 70.9 Å². The number of carbonyl (C=O) groups is 1. The molecule has 0 atom stereocenters. The van der Waals surface area contributed by atoms with E-state index in [4.69, 9.17) is 0 Å². The number of carbonyl (C=O) groups excluding carboxylic acids is 1. The monoisotopic (exact) mass is 168 g/mol. The summed E-state index contributed by atoms with van der Waals surface area (Å²) in [6.45, 7) is 0. The van der Waals surface area contributed by atoms with Crippen LogP contribution in [0.3, 0.4) is 0 Å². The number of amides is 1. The van der Waals surface area contributed by atoms with E-state index in [1.165, 1.54) is 6.20 Å². The van der Waals surface area contributed by atoms with Crippen LogP contribution < -0.4 is 5.43 Å². The largest absolute Gasteiger partial charge is 0.285 e. The molecule has 0 aromatic carbocycles. The molecule has 5 heteroatoms. The predicted molar refractivity (Wildman–Crippen MR) is 44.4 cm³/mol. The van der Waals surface area contributed by atoms with Gasteiger partial charge in [-0.15, -0.1) is 0 Å². The summed E-state index contributed by atoms with van der Waals surface area (Å²) in [5.74, 6) is -0.145. The summed E-state index contributed by atoms with van der Waals surface area (Å²) in [6.07, 6.45) is 3.19. The van der Waals surface area contributed by atoms with Crippen LogP contribution in [0.5, 0.6) is 0 Å². The number of aromatic nitrogens is 2. The molecule has 1 rings (SSSR count). The predicted octanol–water partition coefficient (Wildman–Crippen LogP) is -0.374. The highest BCUT2D eigenvalue weighted by Gasteiger charge is 2.06. The van der Waals surface area contributed by atoms with Crippen LogP contribution in [-0.2, 0) is 7.05 Å². The van der Waals surface area contributed by atoms with Crippen molar-refractivity contribution in [2.45, 2.75) is 0 Å². The second kappa shape index (κ2) is 3.36. The fourth-order valence-corrected chi connectivity index (χ4v) is 0.806. The van der Waals surface area contributed by atoms with E-state index in [1.807, 2.05) is 0 Å². The van der Waals surface area contributed by atoms with Crippen LogP contribution in [0.1, 0.15) is 10.4 Å². The summed E-state index contributed by atoms with van der Waals surface area (Å²) in [6, 6.07) is 0. The molecule has 0 saturated heterocycles. The molecule has 0 aliphatic rings. The van der Waals surface area contributed by atoms with Crippen molar-refractivity contribution in [2.75, 3.05) is 14.1 Å². The maximum Gasteiger partial charge on any atom is 0.268 e. The number of nitrogens with one attached hydrogen (secondary N) is 1. The van der Waals surface area contributed by atoms with Crippen molar-refractivity contribution >= 4 is 5.91 Å². The second-order valence-corrected chi connectivity index (χ2v) is 2.74. The van der Waals surface area contributed by atoms with Gasteiger partial charge in [-0.2, -0.15) is 5.10 Å². The third-order valence-electron chi connectivity index (χ3n) is 1.29. The molecular weight excluding hydrogens is 156 g/mol. The van der Waals surface area contributed by atoms with E-state index in [-0.39, 0.29) is 5.91 Å². The lowest BCUT2D eigenvalue weighted by molar-refractivity contribution is 0.0857. The van der Waals surface area contributed by atoms with E-state index in [9.17, 15) is 4.79 Å².